The predicted octanol–water partition coefficient (Wildman–Crippen LogP) is 5.47. The monoisotopic (exact) mass is 456 g/mol. The number of rotatable bonds is 6. The summed E-state index contributed by atoms with van der Waals surface area (Å²) in [6, 6.07) is 14.2. The number of nitro benzene ring substituents is 1. The normalized spacial score (nSPS) is 11.0. The zero-order valence-corrected chi connectivity index (χ0v) is 17.0. The van der Waals surface area contributed by atoms with Crippen LogP contribution in [0, 0.1) is 21.4 Å². The van der Waals surface area contributed by atoms with E-state index >= 15 is 0 Å². The van der Waals surface area contributed by atoms with Crippen molar-refractivity contribution < 1.29 is 9.66 Å². The van der Waals surface area contributed by atoms with E-state index < -0.39 is 4.92 Å². The summed E-state index contributed by atoms with van der Waals surface area (Å²) in [5, 5.41) is 26.0. The number of benzene rings is 2. The van der Waals surface area contributed by atoms with Crippen LogP contribution in [0.25, 0.3) is 16.8 Å². The Hall–Kier alpha value is -3.22. The van der Waals surface area contributed by atoms with E-state index in [1.54, 1.807) is 6.07 Å². The van der Waals surface area contributed by atoms with E-state index in [0.717, 1.165) is 15.7 Å². The molecule has 0 spiro atoms. The first-order valence-electron chi connectivity index (χ1n) is 7.93. The fraction of sp³-hybridized carbons (Fsp3) is 0.0526. The van der Waals surface area contributed by atoms with Crippen LogP contribution in [0.1, 0.15) is 5.01 Å². The van der Waals surface area contributed by atoms with E-state index in [-0.39, 0.29) is 16.9 Å². The van der Waals surface area contributed by atoms with Gasteiger partial charge in [-0.05, 0) is 24.3 Å². The van der Waals surface area contributed by atoms with Gasteiger partial charge in [0.05, 0.1) is 23.8 Å². The second kappa shape index (κ2) is 8.65. The number of nitrogens with one attached hydrogen (secondary N) is 1. The number of anilines is 1. The van der Waals surface area contributed by atoms with Crippen molar-refractivity contribution in [3.63, 3.8) is 0 Å². The lowest BCUT2D eigenvalue weighted by atomic mass is 10.2. The summed E-state index contributed by atoms with van der Waals surface area (Å²) in [6.45, 7) is 0. The van der Waals surface area contributed by atoms with Crippen molar-refractivity contribution in [1.82, 2.24) is 4.98 Å². The molecule has 0 aliphatic carbocycles. The Balaban J connectivity index is 1.87. The number of ether oxygens (including phenoxy) is 1. The summed E-state index contributed by atoms with van der Waals surface area (Å²) in [4.78, 5) is 15.3. The number of nitro groups is 1. The minimum Gasteiger partial charge on any atom is -0.496 e. The maximum absolute atomic E-state index is 11.3. The molecule has 3 rings (SSSR count). The molecule has 0 aliphatic rings. The molecule has 7 nitrogen and oxygen atoms in total. The van der Waals surface area contributed by atoms with Gasteiger partial charge < -0.3 is 10.1 Å². The van der Waals surface area contributed by atoms with E-state index in [9.17, 15) is 15.4 Å². The standard InChI is InChI=1S/C19H13BrN4O3S/c1-27-15-6-7-16(18(8-15)24(25)26)22-10-13(9-21)19-23-17(11-28-19)12-2-4-14(20)5-3-12/h2-8,10-11,22H,1H3/b13-10+. The third-order valence-electron chi connectivity index (χ3n) is 3.77. The summed E-state index contributed by atoms with van der Waals surface area (Å²) < 4.78 is 5.98. The van der Waals surface area contributed by atoms with Gasteiger partial charge in [-0.15, -0.1) is 11.3 Å². The number of hydrogen-bond donors (Lipinski definition) is 1. The van der Waals surface area contributed by atoms with Crippen molar-refractivity contribution in [2.75, 3.05) is 12.4 Å². The molecule has 3 aromatic rings. The Morgan fingerprint density at radius 1 is 1.36 bits per heavy atom. The first-order chi connectivity index (χ1) is 13.5. The average Bonchev–Trinajstić information content (AvgIpc) is 3.19. The lowest BCUT2D eigenvalue weighted by molar-refractivity contribution is -0.384. The maximum atomic E-state index is 11.3. The number of halogens is 1. The predicted molar refractivity (Wildman–Crippen MR) is 112 cm³/mol. The summed E-state index contributed by atoms with van der Waals surface area (Å²) in [7, 11) is 1.44. The quantitative estimate of drug-likeness (QED) is 0.299. The maximum Gasteiger partial charge on any atom is 0.296 e. The van der Waals surface area contributed by atoms with Gasteiger partial charge >= 0.3 is 0 Å². The molecule has 0 radical (unpaired) electrons. The Bertz CT molecular complexity index is 1090. The third-order valence-corrected chi connectivity index (χ3v) is 5.17. The highest BCUT2D eigenvalue weighted by atomic mass is 79.9. The van der Waals surface area contributed by atoms with Gasteiger partial charge in [-0.3, -0.25) is 10.1 Å². The molecule has 0 saturated carbocycles. The fourth-order valence-corrected chi connectivity index (χ4v) is 3.41. The highest BCUT2D eigenvalue weighted by molar-refractivity contribution is 9.10. The molecule has 28 heavy (non-hydrogen) atoms. The van der Waals surface area contributed by atoms with Crippen molar-refractivity contribution in [2.45, 2.75) is 0 Å². The zero-order chi connectivity index (χ0) is 20.1. The minimum absolute atomic E-state index is 0.150. The van der Waals surface area contributed by atoms with Gasteiger partial charge in [0.25, 0.3) is 5.69 Å². The highest BCUT2D eigenvalue weighted by Crippen LogP contribution is 2.30. The molecule has 0 fully saturated rings. The van der Waals surface area contributed by atoms with Gasteiger partial charge in [-0.25, -0.2) is 4.98 Å². The summed E-state index contributed by atoms with van der Waals surface area (Å²) in [5.74, 6) is 0.376. The topological polar surface area (TPSA) is 101 Å². The van der Waals surface area contributed by atoms with Crippen molar-refractivity contribution in [1.29, 1.82) is 5.26 Å². The highest BCUT2D eigenvalue weighted by Gasteiger charge is 2.15. The van der Waals surface area contributed by atoms with Crippen LogP contribution in [-0.2, 0) is 0 Å². The van der Waals surface area contributed by atoms with Crippen molar-refractivity contribution in [3.05, 3.63) is 73.6 Å². The molecule has 0 unspecified atom stereocenters. The van der Waals surface area contributed by atoms with Gasteiger partial charge in [0.1, 0.15) is 28.1 Å². The van der Waals surface area contributed by atoms with Gasteiger partial charge in [0, 0.05) is 21.6 Å². The molecule has 140 valence electrons. The Morgan fingerprint density at radius 3 is 2.75 bits per heavy atom. The number of nitrogens with zero attached hydrogens (tertiary/aromatic N) is 3. The van der Waals surface area contributed by atoms with Gasteiger partial charge in [-0.1, -0.05) is 28.1 Å². The largest absolute Gasteiger partial charge is 0.496 e. The Kier molecular flexibility index (Phi) is 6.03. The van der Waals surface area contributed by atoms with E-state index in [4.69, 9.17) is 4.74 Å². The molecule has 0 aliphatic heterocycles. The number of allylic oxidation sites excluding steroid dienone is 1. The Labute approximate surface area is 173 Å². The van der Waals surface area contributed by atoms with Crippen LogP contribution in [-0.4, -0.2) is 17.0 Å². The smallest absolute Gasteiger partial charge is 0.296 e. The molecule has 1 heterocycles. The van der Waals surface area contributed by atoms with Gasteiger partial charge in [0.2, 0.25) is 0 Å². The molecule has 0 amide bonds. The van der Waals surface area contributed by atoms with Crippen molar-refractivity contribution in [2.24, 2.45) is 0 Å². The number of hydrogen-bond acceptors (Lipinski definition) is 7. The van der Waals surface area contributed by atoms with E-state index in [1.807, 2.05) is 29.6 Å². The lowest BCUT2D eigenvalue weighted by Gasteiger charge is -2.05. The van der Waals surface area contributed by atoms with Crippen LogP contribution in [0.5, 0.6) is 5.75 Å². The Morgan fingerprint density at radius 2 is 2.11 bits per heavy atom. The second-order valence-electron chi connectivity index (χ2n) is 5.50. The molecule has 9 heteroatoms. The number of nitriles is 1. The van der Waals surface area contributed by atoms with Gasteiger partial charge in [-0.2, -0.15) is 5.26 Å². The van der Waals surface area contributed by atoms with Crippen LogP contribution in [0.4, 0.5) is 11.4 Å². The van der Waals surface area contributed by atoms with Crippen molar-refractivity contribution in [3.8, 4) is 23.1 Å². The molecule has 0 saturated heterocycles. The van der Waals surface area contributed by atoms with Gasteiger partial charge in [0.15, 0.2) is 0 Å². The molecule has 1 aromatic heterocycles. The second-order valence-corrected chi connectivity index (χ2v) is 7.27. The first kappa shape index (κ1) is 19.5. The van der Waals surface area contributed by atoms with Crippen LogP contribution in [0.2, 0.25) is 0 Å². The summed E-state index contributed by atoms with van der Waals surface area (Å²) in [5.41, 5.74) is 2.06. The fourth-order valence-electron chi connectivity index (χ4n) is 2.35. The third kappa shape index (κ3) is 4.36. The summed E-state index contributed by atoms with van der Waals surface area (Å²) >= 11 is 4.72. The number of methoxy groups -OCH3 is 1. The van der Waals surface area contributed by atoms with Crippen LogP contribution >= 0.6 is 27.3 Å². The first-order valence-corrected chi connectivity index (χ1v) is 9.60. The zero-order valence-electron chi connectivity index (χ0n) is 14.5. The van der Waals surface area contributed by atoms with E-state index in [1.165, 1.54) is 36.8 Å². The molecule has 1 N–H and O–H groups in total. The van der Waals surface area contributed by atoms with Crippen LogP contribution in [0.15, 0.2) is 58.5 Å². The van der Waals surface area contributed by atoms with Crippen molar-refractivity contribution >= 4 is 44.2 Å². The van der Waals surface area contributed by atoms with E-state index in [2.05, 4.69) is 32.3 Å². The van der Waals surface area contributed by atoms with Crippen LogP contribution < -0.4 is 10.1 Å². The summed E-state index contributed by atoms with van der Waals surface area (Å²) in [6.07, 6.45) is 1.42. The molecule has 0 bridgehead atoms. The molecule has 2 aromatic carbocycles. The number of aromatic nitrogens is 1. The number of thiazole rings is 1. The van der Waals surface area contributed by atoms with E-state index in [0.29, 0.717) is 10.8 Å². The van der Waals surface area contributed by atoms with Crippen LogP contribution in [0.3, 0.4) is 0 Å². The lowest BCUT2D eigenvalue weighted by Crippen LogP contribution is -1.98. The average molecular weight is 457 g/mol. The SMILES string of the molecule is COc1ccc(N/C=C(\C#N)c2nc(-c3ccc(Br)cc3)cs2)c([N+](=O)[O-])c1. The molecular weight excluding hydrogens is 444 g/mol. The molecule has 0 atom stereocenters. The molecular formula is C19H13BrN4O3S. The minimum atomic E-state index is -0.514.